The molecule has 1 heterocycles. The van der Waals surface area contributed by atoms with Crippen molar-refractivity contribution in [1.29, 1.82) is 10.5 Å². The summed E-state index contributed by atoms with van der Waals surface area (Å²) in [5.41, 5.74) is 1.63. The Morgan fingerprint density at radius 1 is 1.10 bits per heavy atom. The van der Waals surface area contributed by atoms with Crippen molar-refractivity contribution >= 4 is 23.7 Å². The molecule has 0 bridgehead atoms. The van der Waals surface area contributed by atoms with Crippen molar-refractivity contribution in [2.75, 3.05) is 26.2 Å². The molecule has 0 spiro atoms. The van der Waals surface area contributed by atoms with Crippen molar-refractivity contribution in [3.63, 3.8) is 0 Å². The van der Waals surface area contributed by atoms with Crippen molar-refractivity contribution < 1.29 is 4.92 Å². The number of hydrogen-bond donors (Lipinski definition) is 0. The number of nitro benzene ring substituents is 1. The molecule has 0 atom stereocenters. The molecule has 2 aromatic carbocycles. The van der Waals surface area contributed by atoms with Gasteiger partial charge in [0.2, 0.25) is 0 Å². The van der Waals surface area contributed by atoms with Gasteiger partial charge in [-0.1, -0.05) is 36.4 Å². The normalized spacial score (nSPS) is 14.6. The van der Waals surface area contributed by atoms with E-state index in [9.17, 15) is 10.1 Å². The van der Waals surface area contributed by atoms with E-state index < -0.39 is 4.92 Å². The standard InChI is InChI=1S/C21H19N5O2S/c22-14-19(15-23)12-18-6-7-21(20(13-18)26(27)28)29-25-10-8-24(9-11-25)16-17-4-2-1-3-5-17/h1-7,12-13H,8-11,16H2. The third kappa shape index (κ3) is 5.66. The smallest absolute Gasteiger partial charge is 0.284 e. The van der Waals surface area contributed by atoms with E-state index in [-0.39, 0.29) is 11.3 Å². The van der Waals surface area contributed by atoms with Crippen molar-refractivity contribution in [2.45, 2.75) is 11.4 Å². The Hall–Kier alpha value is -3.17. The minimum Gasteiger partial charge on any atom is -0.296 e. The first-order valence-electron chi connectivity index (χ1n) is 9.08. The van der Waals surface area contributed by atoms with E-state index in [0.29, 0.717) is 10.5 Å². The monoisotopic (exact) mass is 405 g/mol. The zero-order valence-corrected chi connectivity index (χ0v) is 16.5. The summed E-state index contributed by atoms with van der Waals surface area (Å²) in [7, 11) is 0. The highest BCUT2D eigenvalue weighted by Gasteiger charge is 2.22. The van der Waals surface area contributed by atoms with Crippen LogP contribution in [0.2, 0.25) is 0 Å². The zero-order chi connectivity index (χ0) is 20.6. The number of benzene rings is 2. The number of rotatable bonds is 6. The van der Waals surface area contributed by atoms with Crippen LogP contribution in [0.5, 0.6) is 0 Å². The Morgan fingerprint density at radius 3 is 2.41 bits per heavy atom. The Morgan fingerprint density at radius 2 is 1.79 bits per heavy atom. The fraction of sp³-hybridized carbons (Fsp3) is 0.238. The van der Waals surface area contributed by atoms with Crippen LogP contribution in [-0.2, 0) is 6.54 Å². The van der Waals surface area contributed by atoms with Crippen LogP contribution in [-0.4, -0.2) is 40.3 Å². The molecule has 0 radical (unpaired) electrons. The maximum Gasteiger partial charge on any atom is 0.284 e. The zero-order valence-electron chi connectivity index (χ0n) is 15.7. The summed E-state index contributed by atoms with van der Waals surface area (Å²) < 4.78 is 2.13. The third-order valence-electron chi connectivity index (χ3n) is 4.54. The molecule has 0 amide bonds. The fourth-order valence-electron chi connectivity index (χ4n) is 3.06. The van der Waals surface area contributed by atoms with E-state index in [4.69, 9.17) is 10.5 Å². The van der Waals surface area contributed by atoms with Crippen LogP contribution in [0, 0.1) is 32.8 Å². The van der Waals surface area contributed by atoms with E-state index in [2.05, 4.69) is 21.3 Å². The van der Waals surface area contributed by atoms with E-state index >= 15 is 0 Å². The molecule has 1 aliphatic heterocycles. The predicted molar refractivity (Wildman–Crippen MR) is 111 cm³/mol. The highest BCUT2D eigenvalue weighted by Crippen LogP contribution is 2.33. The van der Waals surface area contributed by atoms with Crippen LogP contribution >= 0.6 is 11.9 Å². The van der Waals surface area contributed by atoms with Crippen LogP contribution < -0.4 is 0 Å². The van der Waals surface area contributed by atoms with Gasteiger partial charge in [0.15, 0.2) is 0 Å². The molecular formula is C21H19N5O2S. The van der Waals surface area contributed by atoms with E-state index in [1.807, 2.05) is 18.2 Å². The van der Waals surface area contributed by atoms with Gasteiger partial charge in [0.1, 0.15) is 22.6 Å². The highest BCUT2D eigenvalue weighted by molar-refractivity contribution is 7.97. The third-order valence-corrected chi connectivity index (χ3v) is 5.70. The largest absolute Gasteiger partial charge is 0.296 e. The van der Waals surface area contributed by atoms with Gasteiger partial charge in [0.25, 0.3) is 5.69 Å². The molecule has 0 aliphatic carbocycles. The Labute approximate surface area is 173 Å². The lowest BCUT2D eigenvalue weighted by atomic mass is 10.1. The second kappa shape index (κ2) is 9.85. The maximum absolute atomic E-state index is 11.5. The average Bonchev–Trinajstić information content (AvgIpc) is 2.75. The maximum atomic E-state index is 11.5. The van der Waals surface area contributed by atoms with Crippen molar-refractivity contribution in [2.24, 2.45) is 0 Å². The highest BCUT2D eigenvalue weighted by atomic mass is 32.2. The van der Waals surface area contributed by atoms with Crippen molar-refractivity contribution in [3.05, 3.63) is 75.3 Å². The van der Waals surface area contributed by atoms with Crippen LogP contribution in [0.15, 0.2) is 59.0 Å². The molecule has 29 heavy (non-hydrogen) atoms. The topological polar surface area (TPSA) is 97.2 Å². The van der Waals surface area contributed by atoms with Gasteiger partial charge in [-0.05, 0) is 35.2 Å². The molecule has 1 fully saturated rings. The average molecular weight is 405 g/mol. The quantitative estimate of drug-likeness (QED) is 0.312. The fourth-order valence-corrected chi connectivity index (χ4v) is 4.04. The molecule has 0 N–H and O–H groups in total. The molecule has 0 unspecified atom stereocenters. The van der Waals surface area contributed by atoms with E-state index in [1.165, 1.54) is 29.7 Å². The summed E-state index contributed by atoms with van der Waals surface area (Å²) in [6, 6.07) is 18.6. The molecule has 0 saturated carbocycles. The molecule has 1 aliphatic rings. The van der Waals surface area contributed by atoms with Gasteiger partial charge in [-0.3, -0.25) is 15.0 Å². The lowest BCUT2D eigenvalue weighted by Gasteiger charge is -2.33. The summed E-state index contributed by atoms with van der Waals surface area (Å²) in [5.74, 6) is 0. The van der Waals surface area contributed by atoms with Gasteiger partial charge in [-0.2, -0.15) is 10.5 Å². The van der Waals surface area contributed by atoms with Gasteiger partial charge >= 0.3 is 0 Å². The molecule has 3 rings (SSSR count). The lowest BCUT2D eigenvalue weighted by molar-refractivity contribution is -0.387. The predicted octanol–water partition coefficient (Wildman–Crippen LogP) is 3.85. The number of piperazine rings is 1. The second-order valence-electron chi connectivity index (χ2n) is 6.55. The molecular weight excluding hydrogens is 386 g/mol. The Bertz CT molecular complexity index is 970. The van der Waals surface area contributed by atoms with Crippen LogP contribution in [0.4, 0.5) is 5.69 Å². The van der Waals surface area contributed by atoms with Gasteiger partial charge in [0, 0.05) is 38.8 Å². The first kappa shape index (κ1) is 20.6. The van der Waals surface area contributed by atoms with Gasteiger partial charge < -0.3 is 0 Å². The number of nitrogens with zero attached hydrogens (tertiary/aromatic N) is 5. The van der Waals surface area contributed by atoms with E-state index in [1.54, 1.807) is 24.3 Å². The minimum atomic E-state index is -0.427. The second-order valence-corrected chi connectivity index (χ2v) is 7.69. The summed E-state index contributed by atoms with van der Waals surface area (Å²) in [5, 5.41) is 29.2. The van der Waals surface area contributed by atoms with Crippen molar-refractivity contribution in [1.82, 2.24) is 9.21 Å². The number of nitro groups is 1. The first-order valence-corrected chi connectivity index (χ1v) is 9.86. The van der Waals surface area contributed by atoms with Crippen molar-refractivity contribution in [3.8, 4) is 12.1 Å². The molecule has 0 aromatic heterocycles. The molecule has 1 saturated heterocycles. The minimum absolute atomic E-state index is 0.0225. The van der Waals surface area contributed by atoms with Gasteiger partial charge in [-0.15, -0.1) is 0 Å². The molecule has 8 heteroatoms. The van der Waals surface area contributed by atoms with Crippen LogP contribution in [0.25, 0.3) is 6.08 Å². The van der Waals surface area contributed by atoms with Gasteiger partial charge in [-0.25, -0.2) is 4.31 Å². The Kier molecular flexibility index (Phi) is 6.99. The number of allylic oxidation sites excluding steroid dienone is 1. The van der Waals surface area contributed by atoms with E-state index in [0.717, 1.165) is 32.7 Å². The summed E-state index contributed by atoms with van der Waals surface area (Å²) in [6.45, 7) is 4.31. The number of hydrogen-bond acceptors (Lipinski definition) is 7. The summed E-state index contributed by atoms with van der Waals surface area (Å²) in [6.07, 6.45) is 1.35. The molecule has 146 valence electrons. The summed E-state index contributed by atoms with van der Waals surface area (Å²) in [4.78, 5) is 14.0. The Balaban J connectivity index is 1.65. The SMILES string of the molecule is N#CC(C#N)=Cc1ccc(SN2CCN(Cc3ccccc3)CC2)c([N+](=O)[O-])c1. The molecule has 7 nitrogen and oxygen atoms in total. The lowest BCUT2D eigenvalue weighted by Crippen LogP contribution is -2.42. The van der Waals surface area contributed by atoms with Gasteiger partial charge in [0.05, 0.1) is 4.92 Å². The van der Waals surface area contributed by atoms with Crippen LogP contribution in [0.3, 0.4) is 0 Å². The number of nitriles is 2. The van der Waals surface area contributed by atoms with Crippen LogP contribution in [0.1, 0.15) is 11.1 Å². The first-order chi connectivity index (χ1) is 14.1. The summed E-state index contributed by atoms with van der Waals surface area (Å²) >= 11 is 1.38. The molecule has 2 aromatic rings.